The van der Waals surface area contributed by atoms with Crippen molar-refractivity contribution >= 4 is 23.3 Å². The van der Waals surface area contributed by atoms with E-state index in [0.717, 1.165) is 29.9 Å². The fourth-order valence-corrected chi connectivity index (χ4v) is 2.80. The van der Waals surface area contributed by atoms with Gasteiger partial charge in [-0.15, -0.1) is 0 Å². The summed E-state index contributed by atoms with van der Waals surface area (Å²) in [6.45, 7) is 10.8. The van der Waals surface area contributed by atoms with Gasteiger partial charge in [0.1, 0.15) is 0 Å². The van der Waals surface area contributed by atoms with Crippen LogP contribution in [0.2, 0.25) is 0 Å². The van der Waals surface area contributed by atoms with Crippen molar-refractivity contribution in [1.82, 2.24) is 0 Å². The summed E-state index contributed by atoms with van der Waals surface area (Å²) in [7, 11) is 0. The van der Waals surface area contributed by atoms with Gasteiger partial charge in [0.05, 0.1) is 17.1 Å². The van der Waals surface area contributed by atoms with Crippen molar-refractivity contribution in [3.63, 3.8) is 0 Å². The van der Waals surface area contributed by atoms with Crippen LogP contribution in [0.25, 0.3) is 0 Å². The Bertz CT molecular complexity index is 785. The van der Waals surface area contributed by atoms with Crippen LogP contribution in [0.4, 0.5) is 11.4 Å². The van der Waals surface area contributed by atoms with Crippen molar-refractivity contribution in [2.24, 2.45) is 9.98 Å². The SMILES string of the molecule is CCCCCCC(C=Nc1ccc(C)c(C)c1)=Nc1ccc(C)c(C)c1. The van der Waals surface area contributed by atoms with Gasteiger partial charge in [-0.1, -0.05) is 38.3 Å². The van der Waals surface area contributed by atoms with Crippen LogP contribution in [-0.4, -0.2) is 11.9 Å². The van der Waals surface area contributed by atoms with Crippen molar-refractivity contribution < 1.29 is 0 Å². The summed E-state index contributed by atoms with van der Waals surface area (Å²) in [6.07, 6.45) is 7.87. The second kappa shape index (κ2) is 10.1. The van der Waals surface area contributed by atoms with Gasteiger partial charge in [0.25, 0.3) is 0 Å². The molecule has 0 N–H and O–H groups in total. The molecule has 0 bridgehead atoms. The van der Waals surface area contributed by atoms with Gasteiger partial charge >= 0.3 is 0 Å². The molecule has 2 nitrogen and oxygen atoms in total. The molecule has 2 aromatic rings. The highest BCUT2D eigenvalue weighted by molar-refractivity contribution is 6.31. The molecule has 0 saturated carbocycles. The molecule has 0 unspecified atom stereocenters. The van der Waals surface area contributed by atoms with E-state index < -0.39 is 0 Å². The summed E-state index contributed by atoms with van der Waals surface area (Å²) in [6, 6.07) is 12.7. The predicted octanol–water partition coefficient (Wildman–Crippen LogP) is 7.37. The Labute approximate surface area is 159 Å². The molecule has 2 rings (SSSR count). The van der Waals surface area contributed by atoms with Crippen LogP contribution in [0, 0.1) is 27.7 Å². The van der Waals surface area contributed by atoms with E-state index in [-0.39, 0.29) is 0 Å². The lowest BCUT2D eigenvalue weighted by atomic mass is 10.1. The van der Waals surface area contributed by atoms with E-state index in [1.807, 2.05) is 6.21 Å². The first-order valence-electron chi connectivity index (χ1n) is 9.75. The Morgan fingerprint density at radius 2 is 1.38 bits per heavy atom. The molecule has 0 aromatic heterocycles. The van der Waals surface area contributed by atoms with Gasteiger partial charge in [-0.2, -0.15) is 0 Å². The molecule has 0 spiro atoms. The fraction of sp³-hybridized carbons (Fsp3) is 0.417. The molecule has 2 heteroatoms. The van der Waals surface area contributed by atoms with E-state index in [1.165, 1.54) is 41.5 Å². The number of hydrogen-bond donors (Lipinski definition) is 0. The van der Waals surface area contributed by atoms with Crippen LogP contribution in [0.5, 0.6) is 0 Å². The van der Waals surface area contributed by atoms with Crippen LogP contribution < -0.4 is 0 Å². The smallest absolute Gasteiger partial charge is 0.0636 e. The molecule has 0 atom stereocenters. The first-order valence-corrected chi connectivity index (χ1v) is 9.75. The standard InChI is InChI=1S/C24H32N2/c1-6-7-8-9-10-24(26-23-14-12-19(3)21(5)16-23)17-25-22-13-11-18(2)20(4)15-22/h11-17H,6-10H2,1-5H3. The zero-order chi connectivity index (χ0) is 18.9. The van der Waals surface area contributed by atoms with Crippen LogP contribution in [0.3, 0.4) is 0 Å². The van der Waals surface area contributed by atoms with Crippen molar-refractivity contribution in [2.45, 2.75) is 66.7 Å². The topological polar surface area (TPSA) is 24.7 Å². The average Bonchev–Trinajstić information content (AvgIpc) is 2.62. The normalized spacial score (nSPS) is 12.1. The highest BCUT2D eigenvalue weighted by Gasteiger charge is 2.01. The summed E-state index contributed by atoms with van der Waals surface area (Å²) in [5.41, 5.74) is 8.23. The molecule has 0 fully saturated rings. The summed E-state index contributed by atoms with van der Waals surface area (Å²) in [5, 5.41) is 0. The van der Waals surface area contributed by atoms with E-state index in [1.54, 1.807) is 0 Å². The fourth-order valence-electron chi connectivity index (χ4n) is 2.80. The lowest BCUT2D eigenvalue weighted by Gasteiger charge is -2.05. The van der Waals surface area contributed by atoms with E-state index in [0.29, 0.717) is 0 Å². The third-order valence-electron chi connectivity index (χ3n) is 4.90. The van der Waals surface area contributed by atoms with Crippen molar-refractivity contribution in [2.75, 3.05) is 0 Å². The third kappa shape index (κ3) is 6.25. The molecule has 0 radical (unpaired) electrons. The first kappa shape index (κ1) is 20.1. The van der Waals surface area contributed by atoms with Gasteiger partial charge in [0, 0.05) is 6.21 Å². The van der Waals surface area contributed by atoms with Crippen LogP contribution in [-0.2, 0) is 0 Å². The summed E-state index contributed by atoms with van der Waals surface area (Å²) in [4.78, 5) is 9.57. The number of rotatable bonds is 8. The molecule has 26 heavy (non-hydrogen) atoms. The van der Waals surface area contributed by atoms with E-state index in [9.17, 15) is 0 Å². The van der Waals surface area contributed by atoms with E-state index in [2.05, 4.69) is 76.0 Å². The number of unbranched alkanes of at least 4 members (excludes halogenated alkanes) is 3. The Hall–Kier alpha value is -2.22. The number of hydrogen-bond acceptors (Lipinski definition) is 2. The number of aryl methyl sites for hydroxylation is 4. The molecular formula is C24H32N2. The minimum absolute atomic E-state index is 0.973. The Morgan fingerprint density at radius 3 is 2.00 bits per heavy atom. The second-order valence-electron chi connectivity index (χ2n) is 7.21. The minimum Gasteiger partial charge on any atom is -0.255 e. The molecule has 0 amide bonds. The molecule has 0 heterocycles. The maximum Gasteiger partial charge on any atom is 0.0636 e. The summed E-state index contributed by atoms with van der Waals surface area (Å²) in [5.74, 6) is 0. The van der Waals surface area contributed by atoms with E-state index in [4.69, 9.17) is 4.99 Å². The van der Waals surface area contributed by atoms with Gasteiger partial charge in [0.2, 0.25) is 0 Å². The minimum atomic E-state index is 0.973. The molecule has 0 aliphatic carbocycles. The molecule has 2 aromatic carbocycles. The average molecular weight is 349 g/mol. The quantitative estimate of drug-likeness (QED) is 0.351. The Morgan fingerprint density at radius 1 is 0.769 bits per heavy atom. The van der Waals surface area contributed by atoms with Crippen molar-refractivity contribution in [1.29, 1.82) is 0 Å². The van der Waals surface area contributed by atoms with Gasteiger partial charge in [-0.3, -0.25) is 9.98 Å². The molecule has 0 saturated heterocycles. The maximum atomic E-state index is 4.88. The predicted molar refractivity (Wildman–Crippen MR) is 116 cm³/mol. The van der Waals surface area contributed by atoms with Gasteiger partial charge < -0.3 is 0 Å². The van der Waals surface area contributed by atoms with Crippen LogP contribution in [0.1, 0.15) is 61.3 Å². The zero-order valence-electron chi connectivity index (χ0n) is 17.0. The Balaban J connectivity index is 2.21. The van der Waals surface area contributed by atoms with Crippen LogP contribution >= 0.6 is 0 Å². The monoisotopic (exact) mass is 348 g/mol. The van der Waals surface area contributed by atoms with Crippen LogP contribution in [0.15, 0.2) is 46.4 Å². The lowest BCUT2D eigenvalue weighted by molar-refractivity contribution is 0.684. The van der Waals surface area contributed by atoms with Gasteiger partial charge in [0.15, 0.2) is 0 Å². The lowest BCUT2D eigenvalue weighted by Crippen LogP contribution is -2.00. The van der Waals surface area contributed by atoms with E-state index >= 15 is 0 Å². The largest absolute Gasteiger partial charge is 0.255 e. The number of aliphatic imine (C=N–C) groups is 2. The van der Waals surface area contributed by atoms with Crippen molar-refractivity contribution in [3.05, 3.63) is 58.7 Å². The molecule has 0 aliphatic heterocycles. The number of nitrogens with zero attached hydrogens (tertiary/aromatic N) is 2. The van der Waals surface area contributed by atoms with Crippen molar-refractivity contribution in [3.8, 4) is 0 Å². The zero-order valence-corrected chi connectivity index (χ0v) is 17.0. The Kier molecular flexibility index (Phi) is 7.77. The third-order valence-corrected chi connectivity index (χ3v) is 4.90. The summed E-state index contributed by atoms with van der Waals surface area (Å²) < 4.78 is 0. The maximum absolute atomic E-state index is 4.88. The second-order valence-corrected chi connectivity index (χ2v) is 7.21. The van der Waals surface area contributed by atoms with Gasteiger partial charge in [-0.25, -0.2) is 0 Å². The van der Waals surface area contributed by atoms with Gasteiger partial charge in [-0.05, 0) is 87.1 Å². The number of benzene rings is 2. The molecular weight excluding hydrogens is 316 g/mol. The highest BCUT2D eigenvalue weighted by atomic mass is 14.8. The molecule has 0 aliphatic rings. The summed E-state index contributed by atoms with van der Waals surface area (Å²) >= 11 is 0. The first-order chi connectivity index (χ1) is 12.5. The highest BCUT2D eigenvalue weighted by Crippen LogP contribution is 2.20. The molecule has 138 valence electrons.